The van der Waals surface area contributed by atoms with E-state index in [1.165, 1.54) is 5.56 Å². The fourth-order valence-corrected chi connectivity index (χ4v) is 1.77. The molecule has 0 aliphatic carbocycles. The molecule has 0 aliphatic heterocycles. The molecule has 1 aromatic carbocycles. The minimum absolute atomic E-state index is 0.229. The molecule has 4 heteroatoms. The van der Waals surface area contributed by atoms with E-state index in [1.807, 2.05) is 24.3 Å². The van der Waals surface area contributed by atoms with Gasteiger partial charge >= 0.3 is 5.97 Å². The third-order valence-electron chi connectivity index (χ3n) is 2.99. The van der Waals surface area contributed by atoms with Crippen molar-refractivity contribution in [3.8, 4) is 5.75 Å². The highest BCUT2D eigenvalue weighted by Crippen LogP contribution is 2.15. The third-order valence-corrected chi connectivity index (χ3v) is 2.99. The van der Waals surface area contributed by atoms with E-state index in [2.05, 4.69) is 0 Å². The number of benzene rings is 1. The van der Waals surface area contributed by atoms with E-state index < -0.39 is 0 Å². The Labute approximate surface area is 120 Å². The number of rotatable bonds is 9. The molecule has 0 bridgehead atoms. The number of carbonyl (C=O) groups is 1. The number of aryl methyl sites for hydroxylation is 1. The van der Waals surface area contributed by atoms with Crippen molar-refractivity contribution < 1.29 is 19.4 Å². The minimum atomic E-state index is -0.265. The minimum Gasteiger partial charge on any atom is -0.493 e. The Morgan fingerprint density at radius 3 is 2.55 bits per heavy atom. The molecule has 0 amide bonds. The first-order valence-electron chi connectivity index (χ1n) is 7.16. The van der Waals surface area contributed by atoms with Crippen molar-refractivity contribution >= 4 is 5.97 Å². The van der Waals surface area contributed by atoms with Crippen LogP contribution in [0.5, 0.6) is 5.75 Å². The molecule has 0 aliphatic rings. The first kappa shape index (κ1) is 16.5. The average molecular weight is 280 g/mol. The molecule has 0 saturated heterocycles. The van der Waals surface area contributed by atoms with Crippen LogP contribution in [-0.4, -0.2) is 30.9 Å². The van der Waals surface area contributed by atoms with Crippen LogP contribution >= 0.6 is 0 Å². The highest BCUT2D eigenvalue weighted by atomic mass is 16.5. The second-order valence-corrected chi connectivity index (χ2v) is 4.79. The molecule has 0 saturated carbocycles. The SMILES string of the molecule is CCOC(=O)C(C)COc1ccc(CCCCO)cc1. The third kappa shape index (κ3) is 6.06. The van der Waals surface area contributed by atoms with E-state index in [9.17, 15) is 4.79 Å². The Morgan fingerprint density at radius 1 is 1.25 bits per heavy atom. The molecule has 0 heterocycles. The smallest absolute Gasteiger partial charge is 0.312 e. The van der Waals surface area contributed by atoms with E-state index in [0.717, 1.165) is 25.0 Å². The number of hydrogen-bond acceptors (Lipinski definition) is 4. The van der Waals surface area contributed by atoms with Gasteiger partial charge in [0.25, 0.3) is 0 Å². The normalized spacial score (nSPS) is 11.9. The summed E-state index contributed by atoms with van der Waals surface area (Å²) in [5, 5.41) is 8.74. The quantitative estimate of drug-likeness (QED) is 0.558. The number of hydrogen-bond donors (Lipinski definition) is 1. The van der Waals surface area contributed by atoms with Gasteiger partial charge in [-0.15, -0.1) is 0 Å². The van der Waals surface area contributed by atoms with Crippen molar-refractivity contribution in [3.63, 3.8) is 0 Å². The zero-order valence-electron chi connectivity index (χ0n) is 12.3. The summed E-state index contributed by atoms with van der Waals surface area (Å²) in [4.78, 5) is 11.4. The lowest BCUT2D eigenvalue weighted by molar-refractivity contribution is -0.148. The summed E-state index contributed by atoms with van der Waals surface area (Å²) in [6, 6.07) is 7.85. The predicted octanol–water partition coefficient (Wildman–Crippen LogP) is 2.58. The molecular weight excluding hydrogens is 256 g/mol. The maximum Gasteiger partial charge on any atom is 0.312 e. The van der Waals surface area contributed by atoms with Gasteiger partial charge in [0.05, 0.1) is 12.5 Å². The summed E-state index contributed by atoms with van der Waals surface area (Å²) < 4.78 is 10.5. The standard InChI is InChI=1S/C16H24O4/c1-3-19-16(18)13(2)12-20-15-9-7-14(8-10-15)6-4-5-11-17/h7-10,13,17H,3-6,11-12H2,1-2H3. The lowest BCUT2D eigenvalue weighted by Crippen LogP contribution is -2.21. The van der Waals surface area contributed by atoms with Crippen molar-refractivity contribution in [1.82, 2.24) is 0 Å². The van der Waals surface area contributed by atoms with E-state index in [1.54, 1.807) is 13.8 Å². The number of aliphatic hydroxyl groups is 1. The van der Waals surface area contributed by atoms with E-state index in [4.69, 9.17) is 14.6 Å². The first-order chi connectivity index (χ1) is 9.67. The predicted molar refractivity (Wildman–Crippen MR) is 77.8 cm³/mol. The topological polar surface area (TPSA) is 55.8 Å². The number of unbranched alkanes of at least 4 members (excludes halogenated alkanes) is 1. The summed E-state index contributed by atoms with van der Waals surface area (Å²) in [6.45, 7) is 4.55. The molecule has 20 heavy (non-hydrogen) atoms. The van der Waals surface area contributed by atoms with Crippen molar-refractivity contribution in [2.45, 2.75) is 33.1 Å². The maximum atomic E-state index is 11.4. The number of esters is 1. The van der Waals surface area contributed by atoms with Crippen LogP contribution in [0.3, 0.4) is 0 Å². The first-order valence-corrected chi connectivity index (χ1v) is 7.16. The van der Waals surface area contributed by atoms with Crippen LogP contribution < -0.4 is 4.74 Å². The molecule has 1 aromatic rings. The van der Waals surface area contributed by atoms with Gasteiger partial charge in [-0.25, -0.2) is 0 Å². The molecular formula is C16H24O4. The highest BCUT2D eigenvalue weighted by Gasteiger charge is 2.14. The number of carbonyl (C=O) groups excluding carboxylic acids is 1. The Balaban J connectivity index is 2.35. The molecule has 1 atom stereocenters. The van der Waals surface area contributed by atoms with Crippen LogP contribution in [-0.2, 0) is 16.0 Å². The van der Waals surface area contributed by atoms with Crippen molar-refractivity contribution in [2.75, 3.05) is 19.8 Å². The zero-order valence-corrected chi connectivity index (χ0v) is 12.3. The van der Waals surface area contributed by atoms with Gasteiger partial charge in [0.1, 0.15) is 12.4 Å². The summed E-state index contributed by atoms with van der Waals surface area (Å²) in [7, 11) is 0. The van der Waals surface area contributed by atoms with Crippen LogP contribution in [0.25, 0.3) is 0 Å². The van der Waals surface area contributed by atoms with Crippen molar-refractivity contribution in [1.29, 1.82) is 0 Å². The molecule has 112 valence electrons. The average Bonchev–Trinajstić information content (AvgIpc) is 2.46. The van der Waals surface area contributed by atoms with Crippen LogP contribution in [0.2, 0.25) is 0 Å². The van der Waals surface area contributed by atoms with Crippen LogP contribution in [0.4, 0.5) is 0 Å². The van der Waals surface area contributed by atoms with Gasteiger partial charge < -0.3 is 14.6 Å². The van der Waals surface area contributed by atoms with E-state index >= 15 is 0 Å². The Morgan fingerprint density at radius 2 is 1.95 bits per heavy atom. The van der Waals surface area contributed by atoms with Gasteiger partial charge in [-0.1, -0.05) is 12.1 Å². The van der Waals surface area contributed by atoms with Gasteiger partial charge in [-0.2, -0.15) is 0 Å². The second-order valence-electron chi connectivity index (χ2n) is 4.79. The van der Waals surface area contributed by atoms with Gasteiger partial charge in [0.15, 0.2) is 0 Å². The second kappa shape index (κ2) is 9.37. The summed E-state index contributed by atoms with van der Waals surface area (Å²) >= 11 is 0. The Hall–Kier alpha value is -1.55. The van der Waals surface area contributed by atoms with Crippen LogP contribution in [0.15, 0.2) is 24.3 Å². The van der Waals surface area contributed by atoms with Crippen LogP contribution in [0, 0.1) is 5.92 Å². The molecule has 0 spiro atoms. The van der Waals surface area contributed by atoms with Crippen molar-refractivity contribution in [3.05, 3.63) is 29.8 Å². The molecule has 1 unspecified atom stereocenters. The van der Waals surface area contributed by atoms with Gasteiger partial charge in [0.2, 0.25) is 0 Å². The highest BCUT2D eigenvalue weighted by molar-refractivity contribution is 5.72. The molecule has 1 rings (SSSR count). The van der Waals surface area contributed by atoms with Gasteiger partial charge in [-0.3, -0.25) is 4.79 Å². The molecule has 4 nitrogen and oxygen atoms in total. The van der Waals surface area contributed by atoms with E-state index in [-0.39, 0.29) is 18.5 Å². The molecule has 0 radical (unpaired) electrons. The number of ether oxygens (including phenoxy) is 2. The summed E-state index contributed by atoms with van der Waals surface area (Å²) in [6.07, 6.45) is 2.77. The van der Waals surface area contributed by atoms with Crippen LogP contribution in [0.1, 0.15) is 32.3 Å². The molecule has 1 N–H and O–H groups in total. The fourth-order valence-electron chi connectivity index (χ4n) is 1.77. The summed E-state index contributed by atoms with van der Waals surface area (Å²) in [5.41, 5.74) is 1.23. The monoisotopic (exact) mass is 280 g/mol. The molecule has 0 aromatic heterocycles. The lowest BCUT2D eigenvalue weighted by Gasteiger charge is -2.12. The van der Waals surface area contributed by atoms with E-state index in [0.29, 0.717) is 13.2 Å². The number of aliphatic hydroxyl groups excluding tert-OH is 1. The van der Waals surface area contributed by atoms with Gasteiger partial charge in [-0.05, 0) is 50.8 Å². The zero-order chi connectivity index (χ0) is 14.8. The fraction of sp³-hybridized carbons (Fsp3) is 0.562. The Bertz CT molecular complexity index is 386. The maximum absolute atomic E-state index is 11.4. The van der Waals surface area contributed by atoms with Crippen molar-refractivity contribution in [2.24, 2.45) is 5.92 Å². The Kier molecular flexibility index (Phi) is 7.73. The van der Waals surface area contributed by atoms with Gasteiger partial charge in [0, 0.05) is 6.61 Å². The largest absolute Gasteiger partial charge is 0.493 e. The molecule has 0 fully saturated rings. The lowest BCUT2D eigenvalue weighted by atomic mass is 10.1. The summed E-state index contributed by atoms with van der Waals surface area (Å²) in [5.74, 6) is 0.263.